The lowest BCUT2D eigenvalue weighted by Crippen LogP contribution is -2.42. The van der Waals surface area contributed by atoms with E-state index in [1.807, 2.05) is 0 Å². The van der Waals surface area contributed by atoms with Gasteiger partial charge in [0.1, 0.15) is 11.9 Å². The Hall–Kier alpha value is -1.27. The molecule has 0 aromatic heterocycles. The van der Waals surface area contributed by atoms with Gasteiger partial charge in [0.25, 0.3) is 0 Å². The third kappa shape index (κ3) is 2.76. The van der Waals surface area contributed by atoms with Crippen molar-refractivity contribution in [2.75, 3.05) is 6.61 Å². The average Bonchev–Trinajstić information content (AvgIpc) is 2.32. The largest absolute Gasteiger partial charge is 0.462 e. The molecule has 0 spiro atoms. The van der Waals surface area contributed by atoms with E-state index in [1.54, 1.807) is 0 Å². The van der Waals surface area contributed by atoms with Crippen molar-refractivity contribution in [2.45, 2.75) is 18.9 Å². The van der Waals surface area contributed by atoms with Crippen molar-refractivity contribution in [3.63, 3.8) is 0 Å². The number of hydrogen-bond donors (Lipinski definition) is 1. The number of hydrogen-bond acceptors (Lipinski definition) is 3. The zero-order valence-corrected chi connectivity index (χ0v) is 10.2. The molecule has 1 aromatic carbocycles. The Kier molecular flexibility index (Phi) is 4.59. The average molecular weight is 282 g/mol. The van der Waals surface area contributed by atoms with Crippen LogP contribution in [-0.4, -0.2) is 18.5 Å². The highest BCUT2D eigenvalue weighted by atomic mass is 35.5. The molecule has 0 saturated heterocycles. The maximum Gasteiger partial charge on any atom is 0.379 e. The second-order valence-corrected chi connectivity index (χ2v) is 3.87. The predicted molar refractivity (Wildman–Crippen MR) is 59.9 cm³/mol. The predicted octanol–water partition coefficient (Wildman–Crippen LogP) is 2.68. The lowest BCUT2D eigenvalue weighted by atomic mass is 10.0. The van der Waals surface area contributed by atoms with E-state index >= 15 is 0 Å². The lowest BCUT2D eigenvalue weighted by molar-refractivity contribution is -0.174. The highest BCUT2D eigenvalue weighted by Gasteiger charge is 2.48. The molecule has 3 nitrogen and oxygen atoms in total. The van der Waals surface area contributed by atoms with Crippen LogP contribution in [0.3, 0.4) is 0 Å². The molecule has 0 amide bonds. The van der Waals surface area contributed by atoms with Crippen molar-refractivity contribution in [3.8, 4) is 0 Å². The number of ether oxygens (including phenoxy) is 1. The Morgan fingerprint density at radius 2 is 2.17 bits per heavy atom. The summed E-state index contributed by atoms with van der Waals surface area (Å²) in [5.74, 6) is -6.89. The quantitative estimate of drug-likeness (QED) is 0.863. The molecule has 0 aliphatic carbocycles. The summed E-state index contributed by atoms with van der Waals surface area (Å²) in [6.45, 7) is 1.15. The number of nitrogens with two attached hydrogens (primary N) is 1. The first-order chi connectivity index (χ1) is 8.32. The molecule has 1 aromatic rings. The van der Waals surface area contributed by atoms with Gasteiger partial charge in [-0.15, -0.1) is 0 Å². The molecule has 0 aliphatic heterocycles. The first-order valence-electron chi connectivity index (χ1n) is 5.06. The van der Waals surface area contributed by atoms with Crippen LogP contribution in [0.4, 0.5) is 13.2 Å². The van der Waals surface area contributed by atoms with E-state index in [-0.39, 0.29) is 11.6 Å². The standard InChI is InChI=1S/C11H11ClF3NO2/c1-2-18-10(17)11(14,15)9(16)6-4-3-5-7(12)8(6)13/h3-5,9H,2,16H2,1H3/t9-/m1/s1. The number of rotatable bonds is 4. The fourth-order valence-corrected chi connectivity index (χ4v) is 1.49. The van der Waals surface area contributed by atoms with Gasteiger partial charge < -0.3 is 10.5 Å². The van der Waals surface area contributed by atoms with E-state index in [0.29, 0.717) is 0 Å². The van der Waals surface area contributed by atoms with E-state index in [1.165, 1.54) is 19.1 Å². The van der Waals surface area contributed by atoms with Gasteiger partial charge >= 0.3 is 11.9 Å². The van der Waals surface area contributed by atoms with E-state index < -0.39 is 29.3 Å². The number of alkyl halides is 2. The summed E-state index contributed by atoms with van der Waals surface area (Å²) < 4.78 is 44.9. The summed E-state index contributed by atoms with van der Waals surface area (Å²) in [6.07, 6.45) is 0. The minimum absolute atomic E-state index is 0.223. The maximum absolute atomic E-state index is 13.6. The van der Waals surface area contributed by atoms with Gasteiger partial charge in [-0.05, 0) is 13.0 Å². The van der Waals surface area contributed by atoms with Crippen LogP contribution in [0.25, 0.3) is 0 Å². The van der Waals surface area contributed by atoms with Gasteiger partial charge in [0.15, 0.2) is 0 Å². The molecule has 18 heavy (non-hydrogen) atoms. The van der Waals surface area contributed by atoms with Crippen molar-refractivity contribution >= 4 is 17.6 Å². The topological polar surface area (TPSA) is 52.3 Å². The Bertz CT molecular complexity index is 454. The first kappa shape index (κ1) is 14.8. The van der Waals surface area contributed by atoms with Crippen LogP contribution in [0, 0.1) is 5.82 Å². The van der Waals surface area contributed by atoms with E-state index in [9.17, 15) is 18.0 Å². The van der Waals surface area contributed by atoms with Crippen molar-refractivity contribution < 1.29 is 22.7 Å². The van der Waals surface area contributed by atoms with Crippen LogP contribution in [0.2, 0.25) is 5.02 Å². The summed E-state index contributed by atoms with van der Waals surface area (Å²) in [7, 11) is 0. The molecular formula is C11H11ClF3NO2. The minimum Gasteiger partial charge on any atom is -0.462 e. The monoisotopic (exact) mass is 281 g/mol. The molecule has 0 aliphatic rings. The number of halogens is 4. The SMILES string of the molecule is CCOC(=O)C(F)(F)[C@H](N)c1cccc(Cl)c1F. The molecule has 1 atom stereocenters. The van der Waals surface area contributed by atoms with Crippen molar-refractivity contribution in [3.05, 3.63) is 34.6 Å². The molecule has 7 heteroatoms. The fraction of sp³-hybridized carbons (Fsp3) is 0.364. The van der Waals surface area contributed by atoms with Gasteiger partial charge in [-0.3, -0.25) is 0 Å². The van der Waals surface area contributed by atoms with Crippen LogP contribution in [0.1, 0.15) is 18.5 Å². The van der Waals surface area contributed by atoms with Crippen molar-refractivity contribution in [1.29, 1.82) is 0 Å². The van der Waals surface area contributed by atoms with Gasteiger partial charge in [0.05, 0.1) is 11.6 Å². The lowest BCUT2D eigenvalue weighted by Gasteiger charge is -2.22. The minimum atomic E-state index is -4.03. The number of esters is 1. The third-order valence-corrected chi connectivity index (χ3v) is 2.55. The molecule has 2 N–H and O–H groups in total. The molecule has 0 bridgehead atoms. The maximum atomic E-state index is 13.6. The number of carbonyl (C=O) groups is 1. The molecule has 100 valence electrons. The smallest absolute Gasteiger partial charge is 0.379 e. The van der Waals surface area contributed by atoms with Crippen molar-refractivity contribution in [1.82, 2.24) is 0 Å². The van der Waals surface area contributed by atoms with Crippen LogP contribution >= 0.6 is 11.6 Å². The number of benzene rings is 1. The Balaban J connectivity index is 3.09. The highest BCUT2D eigenvalue weighted by molar-refractivity contribution is 6.30. The van der Waals surface area contributed by atoms with E-state index in [4.69, 9.17) is 17.3 Å². The van der Waals surface area contributed by atoms with Crippen LogP contribution in [0.5, 0.6) is 0 Å². The van der Waals surface area contributed by atoms with Crippen LogP contribution < -0.4 is 5.73 Å². The molecular weight excluding hydrogens is 271 g/mol. The fourth-order valence-electron chi connectivity index (χ4n) is 1.31. The van der Waals surface area contributed by atoms with E-state index in [2.05, 4.69) is 4.74 Å². The first-order valence-corrected chi connectivity index (χ1v) is 5.44. The second kappa shape index (κ2) is 5.58. The summed E-state index contributed by atoms with van der Waals surface area (Å²) in [4.78, 5) is 11.1. The molecule has 0 heterocycles. The van der Waals surface area contributed by atoms with Gasteiger partial charge in [-0.1, -0.05) is 23.7 Å². The molecule has 0 unspecified atom stereocenters. The zero-order chi connectivity index (χ0) is 13.9. The molecule has 0 saturated carbocycles. The van der Waals surface area contributed by atoms with Crippen molar-refractivity contribution in [2.24, 2.45) is 5.73 Å². The summed E-state index contributed by atoms with van der Waals surface area (Å²) in [5.41, 5.74) is 4.68. The summed E-state index contributed by atoms with van der Waals surface area (Å²) >= 11 is 5.46. The number of carbonyl (C=O) groups excluding carboxylic acids is 1. The molecule has 0 fully saturated rings. The van der Waals surface area contributed by atoms with Gasteiger partial charge in [-0.25, -0.2) is 9.18 Å². The summed E-state index contributed by atoms with van der Waals surface area (Å²) in [5, 5.41) is -0.345. The van der Waals surface area contributed by atoms with Gasteiger partial charge in [-0.2, -0.15) is 8.78 Å². The Morgan fingerprint density at radius 1 is 1.56 bits per heavy atom. The zero-order valence-electron chi connectivity index (χ0n) is 9.42. The Labute approximate surface area is 107 Å². The summed E-state index contributed by atoms with van der Waals surface area (Å²) in [6, 6.07) is 1.34. The van der Waals surface area contributed by atoms with E-state index in [0.717, 1.165) is 6.07 Å². The van der Waals surface area contributed by atoms with Gasteiger partial charge in [0.2, 0.25) is 0 Å². The van der Waals surface area contributed by atoms with Crippen LogP contribution in [0.15, 0.2) is 18.2 Å². The normalized spacial score (nSPS) is 13.2. The highest BCUT2D eigenvalue weighted by Crippen LogP contribution is 2.33. The molecule has 0 radical (unpaired) electrons. The van der Waals surface area contributed by atoms with Crippen LogP contribution in [-0.2, 0) is 9.53 Å². The second-order valence-electron chi connectivity index (χ2n) is 3.46. The molecule has 1 rings (SSSR count). The Morgan fingerprint density at radius 3 is 2.72 bits per heavy atom. The van der Waals surface area contributed by atoms with Gasteiger partial charge in [0, 0.05) is 5.56 Å². The third-order valence-electron chi connectivity index (χ3n) is 2.25.